The summed E-state index contributed by atoms with van der Waals surface area (Å²) >= 11 is 0. The molecular weight excluding hydrogens is 359 g/mol. The Morgan fingerprint density at radius 1 is 1.07 bits per heavy atom. The van der Waals surface area contributed by atoms with Crippen LogP contribution in [0.2, 0.25) is 0 Å². The molecule has 1 atom stereocenters. The van der Waals surface area contributed by atoms with E-state index in [1.54, 1.807) is 43.3 Å². The summed E-state index contributed by atoms with van der Waals surface area (Å²) in [5.74, 6) is -1.59. The van der Waals surface area contributed by atoms with Crippen molar-refractivity contribution in [2.24, 2.45) is 5.92 Å². The molecule has 0 spiro atoms. The largest absolute Gasteiger partial charge is 0.350 e. The number of halogens is 1. The summed E-state index contributed by atoms with van der Waals surface area (Å²) in [4.78, 5) is 39.5. The van der Waals surface area contributed by atoms with Gasteiger partial charge in [-0.3, -0.25) is 19.3 Å². The van der Waals surface area contributed by atoms with Crippen LogP contribution in [0.5, 0.6) is 0 Å². The van der Waals surface area contributed by atoms with Crippen molar-refractivity contribution in [3.8, 4) is 0 Å². The maximum absolute atomic E-state index is 13.7. The number of hydrogen-bond donors (Lipinski definition) is 1. The fraction of sp³-hybridized carbons (Fsp3) is 0.318. The topological polar surface area (TPSA) is 66.5 Å². The van der Waals surface area contributed by atoms with Gasteiger partial charge < -0.3 is 5.32 Å². The molecule has 1 heterocycles. The van der Waals surface area contributed by atoms with Gasteiger partial charge in [0.1, 0.15) is 11.9 Å². The van der Waals surface area contributed by atoms with Crippen LogP contribution in [0.1, 0.15) is 52.1 Å². The van der Waals surface area contributed by atoms with E-state index < -0.39 is 23.8 Å². The molecule has 0 saturated carbocycles. The summed E-state index contributed by atoms with van der Waals surface area (Å²) in [6, 6.07) is 10.4. The normalized spacial score (nSPS) is 14.4. The van der Waals surface area contributed by atoms with Crippen molar-refractivity contribution < 1.29 is 18.8 Å². The standard InChI is InChI=1S/C22H23FN2O3/c1-13(2)10-19(20(26)24-12-15-9-8-14(3)18(23)11-15)25-21(27)16-6-4-5-7-17(16)22(25)28/h4-9,11,13,19H,10,12H2,1-3H3,(H,24,26). The van der Waals surface area contributed by atoms with Crippen LogP contribution in [0.25, 0.3) is 0 Å². The molecule has 1 N–H and O–H groups in total. The number of carbonyl (C=O) groups is 3. The molecule has 2 aromatic rings. The molecule has 0 radical (unpaired) electrons. The van der Waals surface area contributed by atoms with Gasteiger partial charge in [-0.1, -0.05) is 38.1 Å². The molecule has 0 saturated heterocycles. The second-order valence-corrected chi connectivity index (χ2v) is 7.47. The number of rotatable bonds is 6. The van der Waals surface area contributed by atoms with E-state index in [-0.39, 0.29) is 18.3 Å². The molecule has 1 aliphatic heterocycles. The maximum Gasteiger partial charge on any atom is 0.262 e. The fourth-order valence-corrected chi connectivity index (χ4v) is 3.32. The number of nitrogens with zero attached hydrogens (tertiary/aromatic N) is 1. The highest BCUT2D eigenvalue weighted by atomic mass is 19.1. The Balaban J connectivity index is 1.80. The Morgan fingerprint density at radius 3 is 2.21 bits per heavy atom. The predicted molar refractivity (Wildman–Crippen MR) is 103 cm³/mol. The molecule has 1 unspecified atom stereocenters. The zero-order valence-corrected chi connectivity index (χ0v) is 16.2. The average Bonchev–Trinajstić information content (AvgIpc) is 2.91. The van der Waals surface area contributed by atoms with Crippen LogP contribution in [0, 0.1) is 18.7 Å². The summed E-state index contributed by atoms with van der Waals surface area (Å²) in [7, 11) is 0. The number of benzene rings is 2. The second kappa shape index (κ2) is 7.92. The Labute approximate surface area is 163 Å². The van der Waals surface area contributed by atoms with Crippen molar-refractivity contribution in [3.63, 3.8) is 0 Å². The minimum absolute atomic E-state index is 0.0943. The van der Waals surface area contributed by atoms with E-state index >= 15 is 0 Å². The summed E-state index contributed by atoms with van der Waals surface area (Å²) in [6.07, 6.45) is 0.347. The predicted octanol–water partition coefficient (Wildman–Crippen LogP) is 3.46. The van der Waals surface area contributed by atoms with Crippen LogP contribution in [-0.2, 0) is 11.3 Å². The van der Waals surface area contributed by atoms with Gasteiger partial charge in [0, 0.05) is 6.54 Å². The smallest absolute Gasteiger partial charge is 0.262 e. The van der Waals surface area contributed by atoms with E-state index in [9.17, 15) is 18.8 Å². The first-order valence-electron chi connectivity index (χ1n) is 9.29. The van der Waals surface area contributed by atoms with Crippen LogP contribution in [0.3, 0.4) is 0 Å². The van der Waals surface area contributed by atoms with Gasteiger partial charge in [-0.2, -0.15) is 0 Å². The average molecular weight is 382 g/mol. The van der Waals surface area contributed by atoms with Crippen LogP contribution < -0.4 is 5.32 Å². The lowest BCUT2D eigenvalue weighted by Crippen LogP contribution is -2.50. The quantitative estimate of drug-likeness (QED) is 0.778. The van der Waals surface area contributed by atoms with E-state index in [2.05, 4.69) is 5.32 Å². The summed E-state index contributed by atoms with van der Waals surface area (Å²) in [5, 5.41) is 2.74. The Morgan fingerprint density at radius 2 is 1.68 bits per heavy atom. The van der Waals surface area contributed by atoms with Crippen molar-refractivity contribution in [1.29, 1.82) is 0 Å². The number of hydrogen-bond acceptors (Lipinski definition) is 3. The molecule has 28 heavy (non-hydrogen) atoms. The van der Waals surface area contributed by atoms with E-state index in [0.29, 0.717) is 28.7 Å². The first-order chi connectivity index (χ1) is 13.3. The lowest BCUT2D eigenvalue weighted by Gasteiger charge is -2.26. The zero-order chi connectivity index (χ0) is 20.4. The maximum atomic E-state index is 13.7. The lowest BCUT2D eigenvalue weighted by atomic mass is 10.0. The van der Waals surface area contributed by atoms with Gasteiger partial charge in [0.05, 0.1) is 11.1 Å². The molecule has 0 aliphatic carbocycles. The van der Waals surface area contributed by atoms with Crippen molar-refractivity contribution in [3.05, 3.63) is 70.5 Å². The third-order valence-electron chi connectivity index (χ3n) is 4.84. The SMILES string of the molecule is Cc1ccc(CNC(=O)C(CC(C)C)N2C(=O)c3ccccc3C2=O)cc1F. The third-order valence-corrected chi connectivity index (χ3v) is 4.84. The second-order valence-electron chi connectivity index (χ2n) is 7.47. The van der Waals surface area contributed by atoms with Gasteiger partial charge >= 0.3 is 0 Å². The summed E-state index contributed by atoms with van der Waals surface area (Å²) in [6.45, 7) is 5.63. The molecule has 0 bridgehead atoms. The van der Waals surface area contributed by atoms with Crippen molar-refractivity contribution in [2.75, 3.05) is 0 Å². The highest BCUT2D eigenvalue weighted by molar-refractivity contribution is 6.22. The number of imide groups is 1. The highest BCUT2D eigenvalue weighted by Gasteiger charge is 2.42. The third kappa shape index (κ3) is 3.81. The van der Waals surface area contributed by atoms with Crippen LogP contribution in [0.4, 0.5) is 4.39 Å². The molecular formula is C22H23FN2O3. The molecule has 2 aromatic carbocycles. The first kappa shape index (κ1) is 19.7. The Bertz CT molecular complexity index is 904. The highest BCUT2D eigenvalue weighted by Crippen LogP contribution is 2.27. The van der Waals surface area contributed by atoms with Gasteiger partial charge in [0.25, 0.3) is 11.8 Å². The number of nitrogens with one attached hydrogen (secondary N) is 1. The number of fused-ring (bicyclic) bond motifs is 1. The van der Waals surface area contributed by atoms with Gasteiger partial charge in [-0.05, 0) is 48.6 Å². The molecule has 0 aromatic heterocycles. The van der Waals surface area contributed by atoms with E-state index in [0.717, 1.165) is 4.90 Å². The summed E-state index contributed by atoms with van der Waals surface area (Å²) in [5.41, 5.74) is 1.77. The van der Waals surface area contributed by atoms with E-state index in [1.807, 2.05) is 13.8 Å². The minimum Gasteiger partial charge on any atom is -0.350 e. The molecule has 6 heteroatoms. The van der Waals surface area contributed by atoms with Gasteiger partial charge in [-0.15, -0.1) is 0 Å². The van der Waals surface area contributed by atoms with Crippen LogP contribution in [-0.4, -0.2) is 28.7 Å². The number of aryl methyl sites for hydroxylation is 1. The minimum atomic E-state index is -0.914. The van der Waals surface area contributed by atoms with E-state index in [4.69, 9.17) is 0 Å². The van der Waals surface area contributed by atoms with Gasteiger partial charge in [-0.25, -0.2) is 4.39 Å². The van der Waals surface area contributed by atoms with Gasteiger partial charge in [0.2, 0.25) is 5.91 Å². The Kier molecular flexibility index (Phi) is 5.58. The van der Waals surface area contributed by atoms with Crippen molar-refractivity contribution in [2.45, 2.75) is 39.8 Å². The van der Waals surface area contributed by atoms with E-state index in [1.165, 1.54) is 6.07 Å². The molecule has 1 aliphatic rings. The van der Waals surface area contributed by atoms with Crippen LogP contribution in [0.15, 0.2) is 42.5 Å². The monoisotopic (exact) mass is 382 g/mol. The number of carbonyl (C=O) groups excluding carboxylic acids is 3. The fourth-order valence-electron chi connectivity index (χ4n) is 3.32. The molecule has 146 valence electrons. The molecule has 3 amide bonds. The van der Waals surface area contributed by atoms with Crippen molar-refractivity contribution in [1.82, 2.24) is 10.2 Å². The van der Waals surface area contributed by atoms with Crippen molar-refractivity contribution >= 4 is 17.7 Å². The number of amides is 3. The zero-order valence-electron chi connectivity index (χ0n) is 16.2. The summed E-state index contributed by atoms with van der Waals surface area (Å²) < 4.78 is 13.7. The molecule has 3 rings (SSSR count). The lowest BCUT2D eigenvalue weighted by molar-refractivity contribution is -0.125. The first-order valence-corrected chi connectivity index (χ1v) is 9.29. The molecule has 0 fully saturated rings. The van der Waals surface area contributed by atoms with Gasteiger partial charge in [0.15, 0.2) is 0 Å². The Hall–Kier alpha value is -3.02. The van der Waals surface area contributed by atoms with Crippen LogP contribution >= 0.6 is 0 Å². The molecule has 5 nitrogen and oxygen atoms in total.